The topological polar surface area (TPSA) is 771 Å². The van der Waals surface area contributed by atoms with E-state index >= 15 is 8.78 Å². The molecule has 11 unspecified atom stereocenters. The molecule has 0 saturated carbocycles. The molecular formula is C64H74F2N26O30P6S6. The van der Waals surface area contributed by atoms with Crippen LogP contribution in [0.5, 0.6) is 0 Å². The quantitative estimate of drug-likeness (QED) is 0.0763. The molecule has 134 heavy (non-hydrogen) atoms. The van der Waals surface area contributed by atoms with Gasteiger partial charge in [-0.25, -0.2) is 53.2 Å². The summed E-state index contributed by atoms with van der Waals surface area (Å²) in [7, 11) is 0. The second-order valence-corrected chi connectivity index (χ2v) is 47.6. The molecule has 0 amide bonds. The summed E-state index contributed by atoms with van der Waals surface area (Å²) in [6, 6.07) is 6.41. The Balaban J connectivity index is 0.000000129. The molecule has 23 N–H and O–H groups in total. The molecule has 29 atom stereocenters. The number of aromatic nitrogens is 20. The highest BCUT2D eigenvalue weighted by molar-refractivity contribution is 8.44. The van der Waals surface area contributed by atoms with Crippen molar-refractivity contribution in [2.45, 2.75) is 148 Å². The van der Waals surface area contributed by atoms with Gasteiger partial charge in [-0.2, -0.15) is 15.0 Å². The maximum absolute atomic E-state index is 16.0. The van der Waals surface area contributed by atoms with E-state index in [1.807, 2.05) is 0 Å². The highest BCUT2D eigenvalue weighted by Crippen LogP contribution is 2.61. The number of hydrogen-bond acceptors (Lipinski definition) is 47. The lowest BCUT2D eigenvalue weighted by atomic mass is 10.1. The van der Waals surface area contributed by atoms with Crippen LogP contribution in [-0.2, 0) is 146 Å². The average molecular weight is 2100 g/mol. The van der Waals surface area contributed by atoms with Crippen LogP contribution >= 0.6 is 52.6 Å². The molecule has 21 heterocycles. The molecule has 9 aliphatic heterocycles. The lowest BCUT2D eigenvalue weighted by molar-refractivity contribution is -0.0602. The molecule has 9 fully saturated rings. The normalized spacial score (nSPS) is 37.3. The van der Waals surface area contributed by atoms with Crippen LogP contribution in [0.1, 0.15) is 43.8 Å². The van der Waals surface area contributed by atoms with E-state index in [0.29, 0.717) is 39.1 Å². The minimum Gasteiger partial charge on any atom is -0.398 e. The first-order valence-electron chi connectivity index (χ1n) is 39.2. The predicted octanol–water partition coefficient (Wildman–Crippen LogP) is -0.101. The minimum atomic E-state index is -4.39. The molecular weight excluding hydrogens is 2030 g/mol. The van der Waals surface area contributed by atoms with Crippen molar-refractivity contribution in [1.82, 2.24) is 97.2 Å². The molecule has 0 radical (unpaired) electrons. The number of aromatic amines is 3. The van der Waals surface area contributed by atoms with E-state index in [1.54, 1.807) is 22.9 Å². The summed E-state index contributed by atoms with van der Waals surface area (Å²) < 4.78 is 157. The minimum absolute atomic E-state index is 0.000451. The smallest absolute Gasteiger partial charge is 0.386 e. The van der Waals surface area contributed by atoms with Gasteiger partial charge in [-0.05, 0) is 83.3 Å². The number of thiol groups is 1. The van der Waals surface area contributed by atoms with Gasteiger partial charge in [0.25, 0.3) is 16.7 Å². The molecule has 0 aliphatic carbocycles. The number of rotatable bonds is 6. The fourth-order valence-electron chi connectivity index (χ4n) is 16.2. The number of aliphatic hydroxyl groups is 3. The Kier molecular flexibility index (Phi) is 26.0. The van der Waals surface area contributed by atoms with Crippen molar-refractivity contribution in [2.75, 3.05) is 74.0 Å². The number of nitrogen functional groups attached to an aromatic ring is 6. The molecule has 12 aromatic rings. The van der Waals surface area contributed by atoms with Gasteiger partial charge < -0.3 is 134 Å². The summed E-state index contributed by atoms with van der Waals surface area (Å²) in [5.74, 6) is -0.594. The Morgan fingerprint density at radius 2 is 0.724 bits per heavy atom. The molecule has 0 spiro atoms. The monoisotopic (exact) mass is 2100 g/mol. The van der Waals surface area contributed by atoms with Crippen molar-refractivity contribution in [3.8, 4) is 0 Å². The van der Waals surface area contributed by atoms with Crippen molar-refractivity contribution < 1.29 is 136 Å². The molecule has 9 aliphatic rings. The number of nitrogens with zero attached hydrogens (tertiary/aromatic N) is 17. The van der Waals surface area contributed by atoms with E-state index in [4.69, 9.17) is 176 Å². The summed E-state index contributed by atoms with van der Waals surface area (Å²) in [4.78, 5) is 145. The third-order valence-corrected chi connectivity index (χ3v) is 31.7. The number of alkyl halides is 2. The van der Waals surface area contributed by atoms with Crippen LogP contribution in [0.2, 0.25) is 0 Å². The van der Waals surface area contributed by atoms with Crippen LogP contribution in [0.4, 0.5) is 43.7 Å². The Morgan fingerprint density at radius 3 is 1.19 bits per heavy atom. The number of hydrogen-bond donors (Lipinski definition) is 18. The van der Waals surface area contributed by atoms with Crippen molar-refractivity contribution >= 4 is 213 Å². The zero-order valence-corrected chi connectivity index (χ0v) is 77.6. The number of anilines is 6. The molecule has 21 rings (SSSR count). The van der Waals surface area contributed by atoms with E-state index in [0.717, 1.165) is 0 Å². The zero-order chi connectivity index (χ0) is 94.6. The first-order valence-corrected chi connectivity index (χ1v) is 54.9. The SMILES string of the molecule is Nc1nc2c(ncn2[C@@H]2OC3COP(O)(=S)O[C@H]4[C@@H](O)[C@H](n5ccc6c(N)ccnc65)O[C@@H]4COP(O)(=S)O[C@@H]2C3)c(=O)[nH]1.Nc1nc2c(ncn2[C@@H]2O[C@@H]3COP(=O)(S)OC4[C@@H](COP(O)(=S)O[C@H]2C3O)O[C@@H](n2cnc3c(N)ccnc32)[C@H]4F)c(=O)[nH]1.Nc1nc2c(ncn2[C@@H]2O[C@@H]3COP(O)(=S)OC4[C@@H](COP(O)(=S)O[C@H]2C3O)O[C@@H](n2cnc3c(N)ccnc32)[C@H]4F)c(=O)[nH]1. The van der Waals surface area contributed by atoms with Gasteiger partial charge in [-0.15, -0.1) is 0 Å². The summed E-state index contributed by atoms with van der Waals surface area (Å²) in [6.07, 6.45) is -19.1. The Labute approximate surface area is 775 Å². The lowest BCUT2D eigenvalue weighted by Crippen LogP contribution is -2.36. The summed E-state index contributed by atoms with van der Waals surface area (Å²) >= 11 is 30.2. The van der Waals surface area contributed by atoms with Crippen molar-refractivity contribution in [3.63, 3.8) is 0 Å². The van der Waals surface area contributed by atoms with E-state index < -0.39 is 231 Å². The van der Waals surface area contributed by atoms with Crippen LogP contribution in [-0.4, -0.2) is 281 Å². The van der Waals surface area contributed by atoms with Crippen molar-refractivity contribution in [3.05, 3.63) is 112 Å². The van der Waals surface area contributed by atoms with Crippen LogP contribution in [0, 0.1) is 0 Å². The number of aliphatic hydroxyl groups excluding tert-OH is 3. The standard InChI is InChI=1S/C22H26N8O10P2S2.2C21H24FN9O10P2S2/c23-11-1-3-25-17-10(11)2-4-29(17)21-15(31)16-13(38-21)7-36-41(33,43)39-12-5-9(6-35-42(34,44)40-16)37-20(12)30-8-26-14-18(30)27-22(24)28-19(14)32;2*22-10-14-9(39-19(10)30-5-26-11-7(23)1-2-25-16(11)30)4-37-43(35,45)41-15-13(32)8(3-36-42(34,44)40-14)38-20(15)31-6-27-12-17(31)28-21(24)29-18(12)33/h1-4,8-9,12-13,15-16,20-21,31H,5-7H2,(H2,23,25)(H,33,43)(H,34,44)(H3,24,27,28,32);2*1-2,5-6,8-10,13-15,19-20,32H,3-4H2,(H2,23,25)(H,34,44)(H,35,45)(H3,24,28,29,33)/t9?,12-,13-,15-,16-,20-,21-,41?,42?;2*8-,9-,10+,13?,14?,15+,19-,20-,42?,43?/m111/s1. The van der Waals surface area contributed by atoms with E-state index in [1.165, 1.54) is 85.2 Å². The second kappa shape index (κ2) is 36.6. The third kappa shape index (κ3) is 18.7. The molecule has 9 saturated heterocycles. The first-order chi connectivity index (χ1) is 63.5. The maximum atomic E-state index is 16.0. The van der Waals surface area contributed by atoms with Gasteiger partial charge in [-0.1, -0.05) is 12.2 Å². The summed E-state index contributed by atoms with van der Waals surface area (Å²) in [6.45, 7) is -28.3. The number of halogens is 2. The molecule has 0 aromatic carbocycles. The predicted molar refractivity (Wildman–Crippen MR) is 476 cm³/mol. The molecule has 720 valence electrons. The van der Waals surface area contributed by atoms with Gasteiger partial charge in [-0.3, -0.25) is 79.3 Å². The highest BCUT2D eigenvalue weighted by atomic mass is 32.7. The Morgan fingerprint density at radius 1 is 0.373 bits per heavy atom. The molecule has 6 bridgehead atoms. The van der Waals surface area contributed by atoms with Gasteiger partial charge in [0.15, 0.2) is 94.5 Å². The maximum Gasteiger partial charge on any atom is 0.386 e. The first kappa shape index (κ1) is 95.4. The van der Waals surface area contributed by atoms with Gasteiger partial charge in [0.2, 0.25) is 17.8 Å². The molecule has 70 heteroatoms. The number of nitrogens with one attached hydrogen (secondary N) is 3. The van der Waals surface area contributed by atoms with E-state index in [2.05, 4.69) is 82.0 Å². The largest absolute Gasteiger partial charge is 0.398 e. The average Bonchev–Trinajstić information content (AvgIpc) is 1.62. The van der Waals surface area contributed by atoms with Crippen LogP contribution in [0.25, 0.3) is 66.9 Å². The Hall–Kier alpha value is -7.57. The van der Waals surface area contributed by atoms with Crippen LogP contribution in [0.15, 0.2) is 95.1 Å². The van der Waals surface area contributed by atoms with Crippen molar-refractivity contribution in [2.24, 2.45) is 0 Å². The van der Waals surface area contributed by atoms with Crippen LogP contribution in [0.3, 0.4) is 0 Å². The number of ether oxygens (including phenoxy) is 6. The van der Waals surface area contributed by atoms with Gasteiger partial charge in [0.05, 0.1) is 88.8 Å². The van der Waals surface area contributed by atoms with Crippen molar-refractivity contribution in [1.29, 1.82) is 0 Å². The van der Waals surface area contributed by atoms with Gasteiger partial charge in [0, 0.05) is 42.3 Å². The molecule has 12 aromatic heterocycles. The lowest BCUT2D eigenvalue weighted by Gasteiger charge is -2.28. The number of nitrogens with two attached hydrogens (primary N) is 6. The fourth-order valence-corrected chi connectivity index (χ4v) is 24.9. The van der Waals surface area contributed by atoms with Gasteiger partial charge in [0.1, 0.15) is 102 Å². The third-order valence-electron chi connectivity index (χ3n) is 22.2. The fraction of sp³-hybridized carbons (Fsp3) is 0.469. The summed E-state index contributed by atoms with van der Waals surface area (Å²) in [5.41, 5.74) is 35.7. The molecule has 56 nitrogen and oxygen atoms in total. The second-order valence-electron chi connectivity index (χ2n) is 30.8. The zero-order valence-electron chi connectivity index (χ0n) is 67.3. The number of imidazole rings is 5. The highest BCUT2D eigenvalue weighted by Gasteiger charge is 2.58. The number of fused-ring (bicyclic) bond motifs is 15. The van der Waals surface area contributed by atoms with Crippen LogP contribution < -0.4 is 51.1 Å². The number of H-pyrrole nitrogens is 3. The summed E-state index contributed by atoms with van der Waals surface area (Å²) in [5, 5.41) is 34.2. The van der Waals surface area contributed by atoms with E-state index in [-0.39, 0.29) is 75.7 Å². The number of pyridine rings is 3. The van der Waals surface area contributed by atoms with E-state index in [9.17, 15) is 58.7 Å². The van der Waals surface area contributed by atoms with Gasteiger partial charge >= 0.3 is 40.4 Å². The Bertz CT molecular complexity index is 6820.